The highest BCUT2D eigenvalue weighted by Crippen LogP contribution is 2.41. The van der Waals surface area contributed by atoms with Gasteiger partial charge in [-0.25, -0.2) is 8.42 Å². The van der Waals surface area contributed by atoms with Gasteiger partial charge in [0.25, 0.3) is 0 Å². The molecule has 140 valence electrons. The van der Waals surface area contributed by atoms with E-state index in [0.29, 0.717) is 17.5 Å². The van der Waals surface area contributed by atoms with Gasteiger partial charge >= 0.3 is 0 Å². The second-order valence-electron chi connectivity index (χ2n) is 7.50. The van der Waals surface area contributed by atoms with Crippen molar-refractivity contribution in [1.29, 1.82) is 0 Å². The quantitative estimate of drug-likeness (QED) is 0.790. The van der Waals surface area contributed by atoms with Crippen LogP contribution in [0.1, 0.15) is 38.5 Å². The fourth-order valence-electron chi connectivity index (χ4n) is 4.25. The molecule has 2 saturated heterocycles. The van der Waals surface area contributed by atoms with Crippen molar-refractivity contribution in [2.75, 3.05) is 16.4 Å². The Hall–Kier alpha value is -1.34. The number of thioether (sulfide) groups is 1. The lowest BCUT2D eigenvalue weighted by atomic mass is 9.87. The van der Waals surface area contributed by atoms with E-state index in [1.54, 1.807) is 0 Å². The van der Waals surface area contributed by atoms with Crippen LogP contribution in [0.4, 0.5) is 5.69 Å². The number of anilines is 1. The van der Waals surface area contributed by atoms with Gasteiger partial charge < -0.3 is 4.90 Å². The third kappa shape index (κ3) is 3.83. The van der Waals surface area contributed by atoms with Crippen LogP contribution < -0.4 is 4.90 Å². The number of hydrogen-bond donors (Lipinski definition) is 0. The van der Waals surface area contributed by atoms with Gasteiger partial charge in [0.15, 0.2) is 15.0 Å². The van der Waals surface area contributed by atoms with E-state index in [2.05, 4.69) is 4.99 Å². The van der Waals surface area contributed by atoms with E-state index >= 15 is 0 Å². The number of benzene rings is 1. The van der Waals surface area contributed by atoms with Gasteiger partial charge in [-0.15, -0.1) is 0 Å². The topological polar surface area (TPSA) is 66.8 Å². The lowest BCUT2D eigenvalue weighted by Gasteiger charge is -2.24. The van der Waals surface area contributed by atoms with Crippen molar-refractivity contribution in [3.8, 4) is 0 Å². The highest BCUT2D eigenvalue weighted by atomic mass is 32.2. The Kier molecular flexibility index (Phi) is 5.10. The molecule has 0 bridgehead atoms. The van der Waals surface area contributed by atoms with Crippen LogP contribution >= 0.6 is 11.8 Å². The number of rotatable bonds is 3. The summed E-state index contributed by atoms with van der Waals surface area (Å²) in [6, 6.07) is 9.56. The molecule has 1 aromatic rings. The third-order valence-corrected chi connectivity index (χ3v) is 8.72. The zero-order valence-electron chi connectivity index (χ0n) is 14.7. The van der Waals surface area contributed by atoms with Crippen molar-refractivity contribution in [2.45, 2.75) is 49.8 Å². The molecule has 2 aliphatic heterocycles. The van der Waals surface area contributed by atoms with Crippen LogP contribution in [-0.4, -0.2) is 42.3 Å². The first-order chi connectivity index (χ1) is 12.5. The first-order valence-electron chi connectivity index (χ1n) is 9.35. The molecule has 3 aliphatic rings. The maximum atomic E-state index is 12.5. The first kappa shape index (κ1) is 18.0. The molecule has 0 spiro atoms. The summed E-state index contributed by atoms with van der Waals surface area (Å²) in [5, 5.41) is 0.628. The largest absolute Gasteiger partial charge is 0.316 e. The van der Waals surface area contributed by atoms with E-state index in [1.165, 1.54) is 31.0 Å². The van der Waals surface area contributed by atoms with Gasteiger partial charge in [0.1, 0.15) is 0 Å². The SMILES string of the molecule is O=C(CC1CCCCC1)N=C1S[C@H]2CS(=O)(=O)C[C@H]2N1c1ccccc1. The van der Waals surface area contributed by atoms with Crippen molar-refractivity contribution in [3.63, 3.8) is 0 Å². The molecular weight excluding hydrogens is 368 g/mol. The Bertz CT molecular complexity index is 801. The number of carbonyl (C=O) groups excluding carboxylic acids is 1. The summed E-state index contributed by atoms with van der Waals surface area (Å²) in [7, 11) is -3.02. The van der Waals surface area contributed by atoms with Gasteiger partial charge in [-0.05, 0) is 30.9 Å². The summed E-state index contributed by atoms with van der Waals surface area (Å²) in [5.41, 5.74) is 0.911. The predicted octanol–water partition coefficient (Wildman–Crippen LogP) is 3.26. The van der Waals surface area contributed by atoms with E-state index in [4.69, 9.17) is 0 Å². The fraction of sp³-hybridized carbons (Fsp3) is 0.579. The van der Waals surface area contributed by atoms with Crippen LogP contribution in [0.2, 0.25) is 0 Å². The number of sulfone groups is 1. The fourth-order valence-corrected chi connectivity index (χ4v) is 8.18. The second-order valence-corrected chi connectivity index (χ2v) is 10.9. The van der Waals surface area contributed by atoms with E-state index in [0.717, 1.165) is 18.5 Å². The predicted molar refractivity (Wildman–Crippen MR) is 106 cm³/mol. The summed E-state index contributed by atoms with van der Waals surface area (Å²) >= 11 is 1.45. The lowest BCUT2D eigenvalue weighted by molar-refractivity contribution is -0.118. The van der Waals surface area contributed by atoms with Gasteiger partial charge in [0.05, 0.1) is 17.5 Å². The molecule has 1 aliphatic carbocycles. The molecule has 0 unspecified atom stereocenters. The summed E-state index contributed by atoms with van der Waals surface area (Å²) in [6.07, 6.45) is 6.45. The summed E-state index contributed by atoms with van der Waals surface area (Å²) in [5.74, 6) is 0.692. The van der Waals surface area contributed by atoms with Crippen LogP contribution in [0, 0.1) is 5.92 Å². The number of fused-ring (bicyclic) bond motifs is 1. The number of hydrogen-bond acceptors (Lipinski definition) is 4. The maximum absolute atomic E-state index is 12.5. The Morgan fingerprint density at radius 3 is 2.58 bits per heavy atom. The van der Waals surface area contributed by atoms with Gasteiger partial charge in [0.2, 0.25) is 5.91 Å². The van der Waals surface area contributed by atoms with E-state index in [1.807, 2.05) is 35.2 Å². The number of para-hydroxylation sites is 1. The van der Waals surface area contributed by atoms with E-state index in [9.17, 15) is 13.2 Å². The van der Waals surface area contributed by atoms with E-state index in [-0.39, 0.29) is 28.7 Å². The minimum absolute atomic E-state index is 0.0403. The van der Waals surface area contributed by atoms with Gasteiger partial charge in [0, 0.05) is 17.4 Å². The Morgan fingerprint density at radius 1 is 1.12 bits per heavy atom. The summed E-state index contributed by atoms with van der Waals surface area (Å²) in [6.45, 7) is 0. The normalized spacial score (nSPS) is 29.8. The maximum Gasteiger partial charge on any atom is 0.248 e. The molecule has 3 fully saturated rings. The summed E-state index contributed by atoms with van der Waals surface area (Å²) < 4.78 is 24.1. The molecule has 1 aromatic carbocycles. The molecule has 0 radical (unpaired) electrons. The Balaban J connectivity index is 1.57. The number of carbonyl (C=O) groups is 1. The molecule has 7 heteroatoms. The second kappa shape index (κ2) is 7.35. The van der Waals surface area contributed by atoms with Crippen LogP contribution in [0.15, 0.2) is 35.3 Å². The Labute approximate surface area is 159 Å². The van der Waals surface area contributed by atoms with Gasteiger partial charge in [-0.2, -0.15) is 4.99 Å². The standard InChI is InChI=1S/C19H24N2O3S2/c22-18(11-14-7-3-1-4-8-14)20-19-21(15-9-5-2-6-10-15)16-12-26(23,24)13-17(16)25-19/h2,5-6,9-10,14,16-17H,1,3-4,7-8,11-13H2/t16-,17+/m1/s1. The van der Waals surface area contributed by atoms with Gasteiger partial charge in [-0.1, -0.05) is 49.2 Å². The molecule has 2 heterocycles. The highest BCUT2D eigenvalue weighted by molar-refractivity contribution is 8.16. The van der Waals surface area contributed by atoms with Crippen molar-refractivity contribution in [2.24, 2.45) is 10.9 Å². The van der Waals surface area contributed by atoms with Crippen molar-refractivity contribution in [3.05, 3.63) is 30.3 Å². The van der Waals surface area contributed by atoms with Crippen LogP contribution in [-0.2, 0) is 14.6 Å². The number of aliphatic imine (C=N–C) groups is 1. The molecule has 26 heavy (non-hydrogen) atoms. The average Bonchev–Trinajstić information content (AvgIpc) is 3.07. The highest BCUT2D eigenvalue weighted by Gasteiger charge is 2.49. The molecule has 1 amide bonds. The average molecular weight is 393 g/mol. The van der Waals surface area contributed by atoms with Crippen LogP contribution in [0.5, 0.6) is 0 Å². The monoisotopic (exact) mass is 392 g/mol. The van der Waals surface area contributed by atoms with Crippen molar-refractivity contribution >= 4 is 38.4 Å². The van der Waals surface area contributed by atoms with Crippen LogP contribution in [0.25, 0.3) is 0 Å². The first-order valence-corrected chi connectivity index (χ1v) is 12.0. The third-order valence-electron chi connectivity index (χ3n) is 5.51. The number of amidine groups is 1. The van der Waals surface area contributed by atoms with E-state index < -0.39 is 9.84 Å². The zero-order chi connectivity index (χ0) is 18.1. The molecule has 0 N–H and O–H groups in total. The smallest absolute Gasteiger partial charge is 0.248 e. The molecule has 0 aromatic heterocycles. The number of amides is 1. The van der Waals surface area contributed by atoms with Gasteiger partial charge in [-0.3, -0.25) is 4.79 Å². The minimum Gasteiger partial charge on any atom is -0.316 e. The molecular formula is C19H24N2O3S2. The zero-order valence-corrected chi connectivity index (χ0v) is 16.3. The van der Waals surface area contributed by atoms with Crippen molar-refractivity contribution in [1.82, 2.24) is 0 Å². The van der Waals surface area contributed by atoms with Crippen LogP contribution in [0.3, 0.4) is 0 Å². The molecule has 5 nitrogen and oxygen atoms in total. The minimum atomic E-state index is -3.02. The molecule has 2 atom stereocenters. The lowest BCUT2D eigenvalue weighted by Crippen LogP contribution is -2.37. The number of nitrogens with zero attached hydrogens (tertiary/aromatic N) is 2. The summed E-state index contributed by atoms with van der Waals surface area (Å²) in [4.78, 5) is 18.9. The van der Waals surface area contributed by atoms with Crippen molar-refractivity contribution < 1.29 is 13.2 Å². The molecule has 4 rings (SSSR count). The molecule has 1 saturated carbocycles. The Morgan fingerprint density at radius 2 is 1.85 bits per heavy atom.